The molecule has 9 nitrogen and oxygen atoms in total. The second-order valence-corrected chi connectivity index (χ2v) is 7.27. The molecule has 10 heteroatoms. The summed E-state index contributed by atoms with van der Waals surface area (Å²) >= 11 is 1.25. The number of ether oxygens (including phenoxy) is 1. The second-order valence-electron chi connectivity index (χ2n) is 6.26. The van der Waals surface area contributed by atoms with E-state index in [1.165, 1.54) is 11.3 Å². The summed E-state index contributed by atoms with van der Waals surface area (Å²) in [5.74, 6) is -1.28. The SMILES string of the molecule is O=C(C[C@H]1NC(=O)c2ccccc2NC1=O)Nc1nnc(C2CCCO2)s1. The number of benzene rings is 1. The molecule has 3 amide bonds. The first kappa shape index (κ1) is 17.6. The third-order valence-corrected chi connectivity index (χ3v) is 5.26. The zero-order chi connectivity index (χ0) is 18.8. The number of nitrogens with zero attached hydrogens (tertiary/aromatic N) is 2. The highest BCUT2D eigenvalue weighted by Gasteiger charge is 2.30. The maximum atomic E-state index is 12.3. The Bertz CT molecular complexity index is 893. The molecule has 1 aromatic heterocycles. The van der Waals surface area contributed by atoms with Gasteiger partial charge in [0, 0.05) is 6.61 Å². The molecular formula is C17H17N5O4S. The Morgan fingerprint density at radius 2 is 2.15 bits per heavy atom. The minimum absolute atomic E-state index is 0.0708. The van der Waals surface area contributed by atoms with Crippen molar-refractivity contribution in [1.29, 1.82) is 0 Å². The van der Waals surface area contributed by atoms with Crippen LogP contribution in [0.1, 0.15) is 40.7 Å². The molecule has 1 fully saturated rings. The fourth-order valence-electron chi connectivity index (χ4n) is 3.00. The second kappa shape index (κ2) is 7.41. The number of hydrogen-bond acceptors (Lipinski definition) is 7. The van der Waals surface area contributed by atoms with E-state index in [4.69, 9.17) is 4.74 Å². The van der Waals surface area contributed by atoms with Gasteiger partial charge in [-0.2, -0.15) is 0 Å². The summed E-state index contributed by atoms with van der Waals surface area (Å²) in [5, 5.41) is 16.9. The number of fused-ring (bicyclic) bond motifs is 1. The monoisotopic (exact) mass is 387 g/mol. The maximum absolute atomic E-state index is 12.3. The van der Waals surface area contributed by atoms with Crippen molar-refractivity contribution < 1.29 is 19.1 Å². The average Bonchev–Trinajstić information content (AvgIpc) is 3.31. The van der Waals surface area contributed by atoms with Gasteiger partial charge in [-0.05, 0) is 25.0 Å². The quantitative estimate of drug-likeness (QED) is 0.730. The van der Waals surface area contributed by atoms with Crippen molar-refractivity contribution in [3.63, 3.8) is 0 Å². The van der Waals surface area contributed by atoms with Crippen LogP contribution < -0.4 is 16.0 Å². The summed E-state index contributed by atoms with van der Waals surface area (Å²) in [4.78, 5) is 36.9. The summed E-state index contributed by atoms with van der Waals surface area (Å²) < 4.78 is 5.54. The van der Waals surface area contributed by atoms with E-state index >= 15 is 0 Å². The molecule has 2 atom stereocenters. The maximum Gasteiger partial charge on any atom is 0.254 e. The molecule has 3 heterocycles. The largest absolute Gasteiger partial charge is 0.371 e. The van der Waals surface area contributed by atoms with E-state index in [0.717, 1.165) is 17.8 Å². The lowest BCUT2D eigenvalue weighted by atomic mass is 10.1. The van der Waals surface area contributed by atoms with Crippen LogP contribution in [0.5, 0.6) is 0 Å². The van der Waals surface area contributed by atoms with E-state index < -0.39 is 23.8 Å². The lowest BCUT2D eigenvalue weighted by Crippen LogP contribution is -2.43. The summed E-state index contributed by atoms with van der Waals surface area (Å²) in [6, 6.07) is 5.71. The number of anilines is 2. The third kappa shape index (κ3) is 3.81. The Morgan fingerprint density at radius 1 is 1.30 bits per heavy atom. The zero-order valence-corrected chi connectivity index (χ0v) is 15.0. The number of para-hydroxylation sites is 1. The van der Waals surface area contributed by atoms with E-state index in [1.54, 1.807) is 24.3 Å². The van der Waals surface area contributed by atoms with E-state index in [9.17, 15) is 14.4 Å². The molecular weight excluding hydrogens is 370 g/mol. The molecule has 140 valence electrons. The molecule has 0 spiro atoms. The van der Waals surface area contributed by atoms with Gasteiger partial charge in [-0.1, -0.05) is 23.5 Å². The van der Waals surface area contributed by atoms with Crippen molar-refractivity contribution in [2.45, 2.75) is 31.4 Å². The molecule has 0 saturated carbocycles. The van der Waals surface area contributed by atoms with Crippen LogP contribution in [0, 0.1) is 0 Å². The molecule has 2 aliphatic rings. The number of aromatic nitrogens is 2. The average molecular weight is 387 g/mol. The predicted octanol–water partition coefficient (Wildman–Crippen LogP) is 1.47. The van der Waals surface area contributed by atoms with Gasteiger partial charge in [-0.3, -0.25) is 14.4 Å². The standard InChI is InChI=1S/C17H17N5O4S/c23-13(20-17-22-21-16(27-17)12-6-3-7-26-12)8-11-15(25)18-10-5-2-1-4-9(10)14(24)19-11/h1-2,4-5,11-12H,3,6-8H2,(H,18,25)(H,19,24)(H,20,22,23)/t11-,12?/m1/s1. The van der Waals surface area contributed by atoms with Gasteiger partial charge in [0.15, 0.2) is 0 Å². The zero-order valence-electron chi connectivity index (χ0n) is 14.2. The fraction of sp³-hybridized carbons (Fsp3) is 0.353. The third-order valence-electron chi connectivity index (χ3n) is 4.33. The number of amides is 3. The smallest absolute Gasteiger partial charge is 0.254 e. The van der Waals surface area contributed by atoms with Crippen molar-refractivity contribution in [2.24, 2.45) is 0 Å². The van der Waals surface area contributed by atoms with Gasteiger partial charge < -0.3 is 20.7 Å². The summed E-state index contributed by atoms with van der Waals surface area (Å²) in [7, 11) is 0. The van der Waals surface area contributed by atoms with Gasteiger partial charge >= 0.3 is 0 Å². The summed E-state index contributed by atoms with van der Waals surface area (Å²) in [6.45, 7) is 0.699. The number of hydrogen-bond donors (Lipinski definition) is 3. The highest BCUT2D eigenvalue weighted by Crippen LogP contribution is 2.32. The van der Waals surface area contributed by atoms with Gasteiger partial charge in [0.2, 0.25) is 16.9 Å². The summed E-state index contributed by atoms with van der Waals surface area (Å²) in [6.07, 6.45) is 1.58. The van der Waals surface area contributed by atoms with Gasteiger partial charge in [0.1, 0.15) is 17.2 Å². The van der Waals surface area contributed by atoms with Crippen LogP contribution >= 0.6 is 11.3 Å². The molecule has 27 heavy (non-hydrogen) atoms. The molecule has 0 radical (unpaired) electrons. The van der Waals surface area contributed by atoms with Crippen LogP contribution in [0.15, 0.2) is 24.3 Å². The highest BCUT2D eigenvalue weighted by molar-refractivity contribution is 7.15. The fourth-order valence-corrected chi connectivity index (χ4v) is 3.84. The van der Waals surface area contributed by atoms with Crippen molar-refractivity contribution in [3.8, 4) is 0 Å². The predicted molar refractivity (Wildman–Crippen MR) is 97.4 cm³/mol. The van der Waals surface area contributed by atoms with Crippen molar-refractivity contribution in [3.05, 3.63) is 34.8 Å². The number of rotatable bonds is 4. The molecule has 1 unspecified atom stereocenters. The van der Waals surface area contributed by atoms with Crippen LogP contribution in [0.2, 0.25) is 0 Å². The van der Waals surface area contributed by atoms with Crippen molar-refractivity contribution in [2.75, 3.05) is 17.2 Å². The van der Waals surface area contributed by atoms with E-state index in [1.807, 2.05) is 0 Å². The Morgan fingerprint density at radius 3 is 2.96 bits per heavy atom. The molecule has 1 aromatic carbocycles. The summed E-state index contributed by atoms with van der Waals surface area (Å²) in [5.41, 5.74) is 0.785. The molecule has 2 aliphatic heterocycles. The lowest BCUT2D eigenvalue weighted by molar-refractivity contribution is -0.122. The number of carbonyl (C=O) groups is 3. The van der Waals surface area contributed by atoms with E-state index in [2.05, 4.69) is 26.1 Å². The van der Waals surface area contributed by atoms with Crippen molar-refractivity contribution in [1.82, 2.24) is 15.5 Å². The van der Waals surface area contributed by atoms with Gasteiger partial charge in [0.05, 0.1) is 17.7 Å². The first-order chi connectivity index (χ1) is 13.1. The number of carbonyl (C=O) groups excluding carboxylic acids is 3. The molecule has 3 N–H and O–H groups in total. The highest BCUT2D eigenvalue weighted by atomic mass is 32.1. The van der Waals surface area contributed by atoms with Crippen LogP contribution in [-0.4, -0.2) is 40.6 Å². The van der Waals surface area contributed by atoms with E-state index in [0.29, 0.717) is 23.0 Å². The molecule has 0 bridgehead atoms. The molecule has 2 aromatic rings. The molecule has 1 saturated heterocycles. The van der Waals surface area contributed by atoms with Gasteiger partial charge in [0.25, 0.3) is 5.91 Å². The van der Waals surface area contributed by atoms with Gasteiger partial charge in [-0.25, -0.2) is 0 Å². The Labute approximate surface area is 158 Å². The van der Waals surface area contributed by atoms with Crippen LogP contribution in [0.25, 0.3) is 0 Å². The Hall–Kier alpha value is -2.85. The molecule has 4 rings (SSSR count). The minimum atomic E-state index is -0.976. The van der Waals surface area contributed by atoms with Gasteiger partial charge in [-0.15, -0.1) is 10.2 Å². The van der Waals surface area contributed by atoms with E-state index in [-0.39, 0.29) is 12.5 Å². The number of nitrogens with one attached hydrogen (secondary N) is 3. The van der Waals surface area contributed by atoms with Crippen molar-refractivity contribution >= 4 is 39.9 Å². The lowest BCUT2D eigenvalue weighted by Gasteiger charge is -2.13. The first-order valence-corrected chi connectivity index (χ1v) is 9.37. The molecule has 0 aliphatic carbocycles. The van der Waals surface area contributed by atoms with Crippen LogP contribution in [-0.2, 0) is 14.3 Å². The first-order valence-electron chi connectivity index (χ1n) is 8.56. The minimum Gasteiger partial charge on any atom is -0.371 e. The van der Waals surface area contributed by atoms with Crippen LogP contribution in [0.4, 0.5) is 10.8 Å². The normalized spacial score (nSPS) is 21.8. The topological polar surface area (TPSA) is 122 Å². The Kier molecular flexibility index (Phi) is 4.82. The van der Waals surface area contributed by atoms with Crippen LogP contribution in [0.3, 0.4) is 0 Å². The Balaban J connectivity index is 1.39.